The van der Waals surface area contributed by atoms with E-state index in [1.165, 1.54) is 18.3 Å². The van der Waals surface area contributed by atoms with Crippen LogP contribution in [0.5, 0.6) is 0 Å². The van der Waals surface area contributed by atoms with Crippen molar-refractivity contribution in [2.24, 2.45) is 5.10 Å². The van der Waals surface area contributed by atoms with Crippen molar-refractivity contribution in [3.63, 3.8) is 0 Å². The van der Waals surface area contributed by atoms with E-state index in [-0.39, 0.29) is 23.3 Å². The first-order chi connectivity index (χ1) is 18.3. The average Bonchev–Trinajstić information content (AvgIpc) is 2.90. The highest BCUT2D eigenvalue weighted by atomic mass is 16.1. The molecule has 1 fully saturated rings. The maximum atomic E-state index is 12.8. The number of carbonyl (C=O) groups is 2. The standard InChI is InChI=1S/C27H37N9O2/c1-6-9-29-26(38)23-18-30-27(33-25(23)32-24(8-7-14-37)34-35(5)19(2)3)31-21-15-20(4)16-22(17-21)36-12-10-28-11-13-36/h6-8,14-19,28H,1,9-13H2,2-5H3,(H,29,38)(H2,30,31,32,33,34)/b8-7-. The number of amidine groups is 1. The normalized spacial score (nSPS) is 13.9. The predicted octanol–water partition coefficient (Wildman–Crippen LogP) is 2.67. The Hall–Kier alpha value is -4.25. The first-order valence-corrected chi connectivity index (χ1v) is 12.6. The van der Waals surface area contributed by atoms with Crippen LogP contribution < -0.4 is 26.2 Å². The van der Waals surface area contributed by atoms with Crippen LogP contribution in [0.3, 0.4) is 0 Å². The Morgan fingerprint density at radius 3 is 2.74 bits per heavy atom. The van der Waals surface area contributed by atoms with Gasteiger partial charge in [0.1, 0.15) is 17.7 Å². The summed E-state index contributed by atoms with van der Waals surface area (Å²) >= 11 is 0. The Morgan fingerprint density at radius 2 is 2.05 bits per heavy atom. The quantitative estimate of drug-likeness (QED) is 0.0885. The molecule has 0 spiro atoms. The molecule has 0 unspecified atom stereocenters. The number of nitrogens with one attached hydrogen (secondary N) is 4. The van der Waals surface area contributed by atoms with Crippen LogP contribution in [0.1, 0.15) is 29.8 Å². The smallest absolute Gasteiger partial charge is 0.256 e. The Balaban J connectivity index is 1.96. The number of piperazine rings is 1. The van der Waals surface area contributed by atoms with Crippen molar-refractivity contribution in [3.8, 4) is 0 Å². The van der Waals surface area contributed by atoms with Crippen molar-refractivity contribution in [2.75, 3.05) is 55.3 Å². The molecular formula is C27H37N9O2. The van der Waals surface area contributed by atoms with Gasteiger partial charge in [-0.3, -0.25) is 14.6 Å². The first-order valence-electron chi connectivity index (χ1n) is 12.6. The van der Waals surface area contributed by atoms with Crippen LogP contribution >= 0.6 is 0 Å². The van der Waals surface area contributed by atoms with E-state index in [0.29, 0.717) is 24.6 Å². The average molecular weight is 520 g/mol. The highest BCUT2D eigenvalue weighted by Gasteiger charge is 2.17. The number of aldehydes is 1. The zero-order valence-corrected chi connectivity index (χ0v) is 22.5. The molecule has 3 rings (SSSR count). The van der Waals surface area contributed by atoms with Gasteiger partial charge in [-0.25, -0.2) is 4.98 Å². The number of nitrogens with zero attached hydrogens (tertiary/aromatic N) is 5. The van der Waals surface area contributed by atoms with Gasteiger partial charge in [-0.15, -0.1) is 6.58 Å². The lowest BCUT2D eigenvalue weighted by molar-refractivity contribution is -0.104. The van der Waals surface area contributed by atoms with Gasteiger partial charge in [0.25, 0.3) is 5.91 Å². The van der Waals surface area contributed by atoms with Gasteiger partial charge >= 0.3 is 0 Å². The third kappa shape index (κ3) is 8.13. The lowest BCUT2D eigenvalue weighted by Gasteiger charge is -2.30. The molecule has 1 aromatic heterocycles. The van der Waals surface area contributed by atoms with Crippen LogP contribution in [-0.2, 0) is 4.79 Å². The van der Waals surface area contributed by atoms with Crippen molar-refractivity contribution < 1.29 is 9.59 Å². The van der Waals surface area contributed by atoms with Gasteiger partial charge in [0.2, 0.25) is 5.95 Å². The van der Waals surface area contributed by atoms with Crippen LogP contribution in [-0.4, -0.2) is 78.8 Å². The maximum absolute atomic E-state index is 12.8. The van der Waals surface area contributed by atoms with Crippen LogP contribution in [0.25, 0.3) is 0 Å². The molecule has 1 saturated heterocycles. The highest BCUT2D eigenvalue weighted by Crippen LogP contribution is 2.25. The summed E-state index contributed by atoms with van der Waals surface area (Å²) < 4.78 is 0. The van der Waals surface area contributed by atoms with Crippen molar-refractivity contribution in [1.82, 2.24) is 25.6 Å². The highest BCUT2D eigenvalue weighted by molar-refractivity contribution is 6.08. The number of allylic oxidation sites excluding steroid dienone is 1. The number of hydrogen-bond donors (Lipinski definition) is 4. The number of benzene rings is 1. The Bertz CT molecular complexity index is 1190. The molecule has 38 heavy (non-hydrogen) atoms. The number of anilines is 4. The zero-order valence-electron chi connectivity index (χ0n) is 22.5. The van der Waals surface area contributed by atoms with Gasteiger partial charge in [0, 0.05) is 63.4 Å². The Labute approximate surface area is 224 Å². The second-order valence-corrected chi connectivity index (χ2v) is 9.15. The number of aryl methyl sites for hydroxylation is 1. The predicted molar refractivity (Wildman–Crippen MR) is 153 cm³/mol. The topological polar surface area (TPSA) is 127 Å². The minimum Gasteiger partial charge on any atom is -0.369 e. The third-order valence-electron chi connectivity index (χ3n) is 5.83. The lowest BCUT2D eigenvalue weighted by Crippen LogP contribution is -2.43. The van der Waals surface area contributed by atoms with E-state index in [1.807, 2.05) is 33.9 Å². The molecule has 4 N–H and O–H groups in total. The molecule has 0 saturated carbocycles. The van der Waals surface area contributed by atoms with Gasteiger partial charge in [0.05, 0.1) is 0 Å². The van der Waals surface area contributed by atoms with Crippen molar-refractivity contribution >= 4 is 41.2 Å². The number of rotatable bonds is 11. The van der Waals surface area contributed by atoms with Gasteiger partial charge in [-0.05, 0) is 56.7 Å². The molecule has 0 atom stereocenters. The molecular weight excluding hydrogens is 482 g/mol. The summed E-state index contributed by atoms with van der Waals surface area (Å²) in [5.41, 5.74) is 3.29. The van der Waals surface area contributed by atoms with Crippen molar-refractivity contribution in [3.05, 3.63) is 60.3 Å². The molecule has 1 aliphatic rings. The summed E-state index contributed by atoms with van der Waals surface area (Å²) in [6.07, 6.45) is 6.54. The van der Waals surface area contributed by atoms with E-state index in [1.54, 1.807) is 11.1 Å². The second kappa shape index (κ2) is 13.9. The monoisotopic (exact) mass is 519 g/mol. The molecule has 202 valence electrons. The number of hydrogen-bond acceptors (Lipinski definition) is 9. The third-order valence-corrected chi connectivity index (χ3v) is 5.83. The van der Waals surface area contributed by atoms with E-state index in [2.05, 4.69) is 59.9 Å². The SMILES string of the molecule is C=CCNC(=O)c1cnc(Nc2cc(C)cc(N3CCNCC3)c2)nc1NC(/C=C\C=O)=N/N(C)C(C)C. The summed E-state index contributed by atoms with van der Waals surface area (Å²) in [6.45, 7) is 13.7. The molecule has 2 heterocycles. The summed E-state index contributed by atoms with van der Waals surface area (Å²) in [6, 6.07) is 6.35. The summed E-state index contributed by atoms with van der Waals surface area (Å²) in [5, 5.41) is 18.7. The Morgan fingerprint density at radius 1 is 1.29 bits per heavy atom. The van der Waals surface area contributed by atoms with E-state index < -0.39 is 0 Å². The fraction of sp³-hybridized carbons (Fsp3) is 0.370. The number of amides is 1. The van der Waals surface area contributed by atoms with Gasteiger partial charge in [-0.2, -0.15) is 10.1 Å². The molecule has 0 bridgehead atoms. The second-order valence-electron chi connectivity index (χ2n) is 9.15. The number of carbonyl (C=O) groups excluding carboxylic acids is 2. The molecule has 1 amide bonds. The molecule has 0 radical (unpaired) electrons. The molecule has 1 aromatic carbocycles. The molecule has 11 nitrogen and oxygen atoms in total. The summed E-state index contributed by atoms with van der Waals surface area (Å²) in [5.74, 6) is 0.518. The lowest BCUT2D eigenvalue weighted by atomic mass is 10.1. The van der Waals surface area contributed by atoms with Gasteiger partial charge < -0.3 is 26.2 Å². The minimum atomic E-state index is -0.369. The van der Waals surface area contributed by atoms with Crippen LogP contribution in [0.4, 0.5) is 23.1 Å². The van der Waals surface area contributed by atoms with E-state index >= 15 is 0 Å². The maximum Gasteiger partial charge on any atom is 0.256 e. The van der Waals surface area contributed by atoms with Crippen LogP contribution in [0.2, 0.25) is 0 Å². The van der Waals surface area contributed by atoms with E-state index in [4.69, 9.17) is 0 Å². The van der Waals surface area contributed by atoms with Crippen molar-refractivity contribution in [1.29, 1.82) is 0 Å². The minimum absolute atomic E-state index is 0.112. The molecule has 11 heteroatoms. The van der Waals surface area contributed by atoms with E-state index in [9.17, 15) is 9.59 Å². The van der Waals surface area contributed by atoms with Gasteiger partial charge in [0.15, 0.2) is 5.84 Å². The number of hydrazone groups is 1. The summed E-state index contributed by atoms with van der Waals surface area (Å²) in [4.78, 5) is 35.2. The molecule has 2 aromatic rings. The zero-order chi connectivity index (χ0) is 27.5. The van der Waals surface area contributed by atoms with Crippen LogP contribution in [0, 0.1) is 6.92 Å². The summed E-state index contributed by atoms with van der Waals surface area (Å²) in [7, 11) is 1.82. The Kier molecular flexibility index (Phi) is 10.4. The fourth-order valence-electron chi connectivity index (χ4n) is 3.67. The van der Waals surface area contributed by atoms with Crippen molar-refractivity contribution in [2.45, 2.75) is 26.8 Å². The number of aromatic nitrogens is 2. The fourth-order valence-corrected chi connectivity index (χ4v) is 3.67. The largest absolute Gasteiger partial charge is 0.369 e. The first kappa shape index (κ1) is 28.3. The molecule has 0 aliphatic carbocycles. The van der Waals surface area contributed by atoms with Gasteiger partial charge in [-0.1, -0.05) is 6.08 Å². The molecule has 1 aliphatic heterocycles. The van der Waals surface area contributed by atoms with E-state index in [0.717, 1.165) is 43.1 Å². The van der Waals surface area contributed by atoms with Crippen LogP contribution in [0.15, 0.2) is 54.3 Å².